The van der Waals surface area contributed by atoms with Crippen molar-refractivity contribution in [3.05, 3.63) is 33.9 Å². The van der Waals surface area contributed by atoms with E-state index in [1.807, 2.05) is 16.7 Å². The second kappa shape index (κ2) is 9.17. The number of fused-ring (bicyclic) bond motifs is 3. The first-order valence-electron chi connectivity index (χ1n) is 10.3. The van der Waals surface area contributed by atoms with E-state index in [-0.39, 0.29) is 5.92 Å². The number of nitrogens with zero attached hydrogens (tertiary/aromatic N) is 4. The average Bonchev–Trinajstić information content (AvgIpc) is 3.20. The molecule has 1 amide bonds. The molecule has 2 aliphatic rings. The summed E-state index contributed by atoms with van der Waals surface area (Å²) in [6, 6.07) is 3.35. The second-order valence-corrected chi connectivity index (χ2v) is 11.0. The van der Waals surface area contributed by atoms with E-state index in [9.17, 15) is 4.79 Å². The standard InChI is InChI=1S/C21H21ClN6OS3/c22-13-8-15(27-23)16(30)9-14(13)26-19-18-12-2-1-11(21(29)28-3-5-31-6-4-28)7-17(12)32-20(18)25-10-24-19/h8-11,23,30H,1-7H2,(H,24,25,26). The first-order chi connectivity index (χ1) is 15.5. The van der Waals surface area contributed by atoms with Crippen molar-refractivity contribution in [2.45, 2.75) is 24.2 Å². The Kier molecular flexibility index (Phi) is 6.28. The molecular formula is C21H21ClN6OS3. The number of hydrogen-bond acceptors (Lipinski definition) is 9. The van der Waals surface area contributed by atoms with E-state index >= 15 is 0 Å². The van der Waals surface area contributed by atoms with Crippen LogP contribution < -0.4 is 5.32 Å². The normalized spacial score (nSPS) is 18.4. The molecule has 11 heteroatoms. The zero-order valence-corrected chi connectivity index (χ0v) is 20.4. The summed E-state index contributed by atoms with van der Waals surface area (Å²) in [6.07, 6.45) is 3.98. The Morgan fingerprint density at radius 2 is 2.12 bits per heavy atom. The largest absolute Gasteiger partial charge is 0.341 e. The summed E-state index contributed by atoms with van der Waals surface area (Å²) < 4.78 is 0. The highest BCUT2D eigenvalue weighted by atomic mass is 35.5. The van der Waals surface area contributed by atoms with E-state index < -0.39 is 0 Å². The van der Waals surface area contributed by atoms with E-state index in [1.165, 1.54) is 10.4 Å². The molecule has 32 heavy (non-hydrogen) atoms. The van der Waals surface area contributed by atoms with Crippen LogP contribution in [0.3, 0.4) is 0 Å². The molecule has 3 heterocycles. The number of amides is 1. The molecule has 0 bridgehead atoms. The Morgan fingerprint density at radius 3 is 2.91 bits per heavy atom. The lowest BCUT2D eigenvalue weighted by Crippen LogP contribution is -2.42. The molecule has 7 nitrogen and oxygen atoms in total. The number of aromatic nitrogens is 2. The number of rotatable bonds is 4. The molecule has 1 saturated heterocycles. The minimum atomic E-state index is 0.0467. The SMILES string of the molecule is N=Nc1cc(Cl)c(Nc2ncnc3sc4c(c23)CCC(C(=O)N2CCSCC2)C4)cc1S. The fraction of sp³-hybridized carbons (Fsp3) is 0.381. The minimum absolute atomic E-state index is 0.0467. The number of carbonyl (C=O) groups excluding carboxylic acids is 1. The highest BCUT2D eigenvalue weighted by molar-refractivity contribution is 7.99. The number of thioether (sulfide) groups is 1. The van der Waals surface area contributed by atoms with Gasteiger partial charge in [-0.25, -0.2) is 15.5 Å². The van der Waals surface area contributed by atoms with E-state index in [2.05, 4.69) is 33.0 Å². The minimum Gasteiger partial charge on any atom is -0.341 e. The number of thiophene rings is 1. The predicted octanol–water partition coefficient (Wildman–Crippen LogP) is 5.72. The van der Waals surface area contributed by atoms with Crippen molar-refractivity contribution in [1.29, 1.82) is 5.53 Å². The summed E-state index contributed by atoms with van der Waals surface area (Å²) in [5, 5.41) is 8.20. The van der Waals surface area contributed by atoms with Gasteiger partial charge in [-0.1, -0.05) is 11.6 Å². The number of carbonyl (C=O) groups is 1. The molecule has 1 aromatic carbocycles. The smallest absolute Gasteiger partial charge is 0.226 e. The average molecular weight is 505 g/mol. The summed E-state index contributed by atoms with van der Waals surface area (Å²) in [5.74, 6) is 3.10. The van der Waals surface area contributed by atoms with Crippen molar-refractivity contribution in [1.82, 2.24) is 14.9 Å². The van der Waals surface area contributed by atoms with E-state index in [0.29, 0.717) is 33.0 Å². The number of benzene rings is 1. The molecule has 0 spiro atoms. The summed E-state index contributed by atoms with van der Waals surface area (Å²) in [5.41, 5.74) is 9.51. The quantitative estimate of drug-likeness (QED) is 0.312. The van der Waals surface area contributed by atoms with Gasteiger partial charge in [0.1, 0.15) is 17.0 Å². The van der Waals surface area contributed by atoms with Crippen LogP contribution in [0.15, 0.2) is 28.5 Å². The van der Waals surface area contributed by atoms with Gasteiger partial charge in [0.05, 0.1) is 21.8 Å². The van der Waals surface area contributed by atoms with Crippen molar-refractivity contribution in [3.8, 4) is 0 Å². The van der Waals surface area contributed by atoms with Crippen LogP contribution >= 0.6 is 47.3 Å². The van der Waals surface area contributed by atoms with Crippen LogP contribution in [0.1, 0.15) is 16.9 Å². The lowest BCUT2D eigenvalue weighted by atomic mass is 9.87. The Hall–Kier alpha value is -1.88. The van der Waals surface area contributed by atoms with Crippen molar-refractivity contribution >= 4 is 80.6 Å². The number of aryl methyl sites for hydroxylation is 1. The molecule has 1 aliphatic heterocycles. The van der Waals surface area contributed by atoms with Crippen LogP contribution in [-0.4, -0.2) is 45.4 Å². The zero-order valence-electron chi connectivity index (χ0n) is 17.1. The molecular weight excluding hydrogens is 484 g/mol. The molecule has 1 unspecified atom stereocenters. The van der Waals surface area contributed by atoms with Crippen LogP contribution in [0.5, 0.6) is 0 Å². The fourth-order valence-electron chi connectivity index (χ4n) is 4.32. The highest BCUT2D eigenvalue weighted by Crippen LogP contribution is 2.42. The van der Waals surface area contributed by atoms with Crippen molar-refractivity contribution in [3.63, 3.8) is 0 Å². The molecule has 2 N–H and O–H groups in total. The number of anilines is 2. The number of nitrogens with one attached hydrogen (secondary N) is 2. The third kappa shape index (κ3) is 4.09. The molecule has 1 atom stereocenters. The van der Waals surface area contributed by atoms with E-state index in [4.69, 9.17) is 17.1 Å². The van der Waals surface area contributed by atoms with Crippen LogP contribution in [0.4, 0.5) is 17.2 Å². The predicted molar refractivity (Wildman–Crippen MR) is 134 cm³/mol. The first kappa shape index (κ1) is 21.9. The molecule has 0 saturated carbocycles. The summed E-state index contributed by atoms with van der Waals surface area (Å²) in [4.78, 5) is 26.8. The first-order valence-corrected chi connectivity index (χ1v) is 13.1. The lowest BCUT2D eigenvalue weighted by molar-refractivity contribution is -0.135. The molecule has 1 aliphatic carbocycles. The Balaban J connectivity index is 1.44. The van der Waals surface area contributed by atoms with Crippen LogP contribution in [0.2, 0.25) is 5.02 Å². The lowest BCUT2D eigenvalue weighted by Gasteiger charge is -2.31. The molecule has 5 rings (SSSR count). The maximum absolute atomic E-state index is 13.0. The van der Waals surface area contributed by atoms with Crippen molar-refractivity contribution in [2.75, 3.05) is 29.9 Å². The Bertz CT molecular complexity index is 1210. The maximum Gasteiger partial charge on any atom is 0.226 e. The van der Waals surface area contributed by atoms with Crippen molar-refractivity contribution < 1.29 is 4.79 Å². The summed E-state index contributed by atoms with van der Waals surface area (Å²) in [6.45, 7) is 1.72. The molecule has 166 valence electrons. The van der Waals surface area contributed by atoms with Gasteiger partial charge >= 0.3 is 0 Å². The van der Waals surface area contributed by atoms with Crippen LogP contribution in [0, 0.1) is 11.4 Å². The fourth-order valence-corrected chi connectivity index (χ4v) is 6.94. The van der Waals surface area contributed by atoms with E-state index in [1.54, 1.807) is 29.8 Å². The molecule has 0 radical (unpaired) electrons. The van der Waals surface area contributed by atoms with Crippen LogP contribution in [0.25, 0.3) is 10.2 Å². The topological polar surface area (TPSA) is 94.3 Å². The van der Waals surface area contributed by atoms with Crippen molar-refractivity contribution in [2.24, 2.45) is 11.0 Å². The number of halogens is 1. The van der Waals surface area contributed by atoms with Crippen LogP contribution in [-0.2, 0) is 17.6 Å². The van der Waals surface area contributed by atoms with Gasteiger partial charge in [0, 0.05) is 40.3 Å². The van der Waals surface area contributed by atoms with Gasteiger partial charge in [0.25, 0.3) is 0 Å². The molecule has 1 fully saturated rings. The van der Waals surface area contributed by atoms with Gasteiger partial charge in [-0.15, -0.1) is 24.0 Å². The van der Waals surface area contributed by atoms with Gasteiger partial charge < -0.3 is 10.2 Å². The maximum atomic E-state index is 13.0. The number of hydrogen-bond donors (Lipinski definition) is 3. The summed E-state index contributed by atoms with van der Waals surface area (Å²) in [7, 11) is 0. The molecule has 3 aromatic rings. The van der Waals surface area contributed by atoms with Gasteiger partial charge in [-0.05, 0) is 37.0 Å². The van der Waals surface area contributed by atoms with Gasteiger partial charge in [0.15, 0.2) is 0 Å². The molecule has 2 aromatic heterocycles. The third-order valence-corrected chi connectivity index (χ3v) is 8.73. The van der Waals surface area contributed by atoms with E-state index in [0.717, 1.165) is 54.1 Å². The van der Waals surface area contributed by atoms with Gasteiger partial charge in [-0.2, -0.15) is 16.9 Å². The Morgan fingerprint density at radius 1 is 1.31 bits per heavy atom. The monoisotopic (exact) mass is 504 g/mol. The highest BCUT2D eigenvalue weighted by Gasteiger charge is 2.32. The van der Waals surface area contributed by atoms with Gasteiger partial charge in [0.2, 0.25) is 5.91 Å². The third-order valence-electron chi connectivity index (χ3n) is 5.96. The summed E-state index contributed by atoms with van der Waals surface area (Å²) >= 11 is 14.4. The second-order valence-electron chi connectivity index (χ2n) is 7.84. The zero-order chi connectivity index (χ0) is 22.2. The number of thiol groups is 1. The van der Waals surface area contributed by atoms with Gasteiger partial charge in [-0.3, -0.25) is 4.79 Å². The Labute approximate surface area is 204 Å².